The Morgan fingerprint density at radius 1 is 1.56 bits per heavy atom. The Labute approximate surface area is 60.9 Å². The van der Waals surface area contributed by atoms with Gasteiger partial charge in [-0.3, -0.25) is 0 Å². The van der Waals surface area contributed by atoms with Crippen molar-refractivity contribution in [2.45, 2.75) is 19.8 Å². The molecule has 0 spiro atoms. The molecule has 0 aromatic rings. The van der Waals surface area contributed by atoms with Crippen LogP contribution in [-0.2, 0) is 0 Å². The highest BCUT2D eigenvalue weighted by atomic mass is 32.1. The van der Waals surface area contributed by atoms with Crippen LogP contribution in [0.15, 0.2) is 11.8 Å². The van der Waals surface area contributed by atoms with Gasteiger partial charge >= 0.3 is 0 Å². The maximum atomic E-state index is 5.48. The van der Waals surface area contributed by atoms with E-state index in [1.807, 2.05) is 0 Å². The van der Waals surface area contributed by atoms with E-state index in [0.29, 0.717) is 4.99 Å². The Hall–Kier alpha value is -0.570. The summed E-state index contributed by atoms with van der Waals surface area (Å²) in [4.78, 5) is 0.362. The van der Waals surface area contributed by atoms with Crippen LogP contribution in [0, 0.1) is 0 Å². The van der Waals surface area contributed by atoms with Crippen LogP contribution in [0.5, 0.6) is 0 Å². The lowest BCUT2D eigenvalue weighted by Crippen LogP contribution is -2.07. The van der Waals surface area contributed by atoms with Crippen LogP contribution < -0.4 is 11.5 Å². The molecule has 0 aliphatic carbocycles. The largest absolute Gasteiger partial charge is 0.402 e. The summed E-state index contributed by atoms with van der Waals surface area (Å²) in [5.41, 5.74) is 11.4. The molecular formula is C6H12N2S. The molecule has 0 aromatic carbocycles. The fraction of sp³-hybridized carbons (Fsp3) is 0.500. The smallest absolute Gasteiger partial charge is 0.0979 e. The molecular weight excluding hydrogens is 132 g/mol. The van der Waals surface area contributed by atoms with Gasteiger partial charge in [0, 0.05) is 5.70 Å². The molecule has 0 atom stereocenters. The van der Waals surface area contributed by atoms with E-state index in [4.69, 9.17) is 11.5 Å². The van der Waals surface area contributed by atoms with Crippen LogP contribution in [0.2, 0.25) is 0 Å². The number of allylic oxidation sites excluding steroid dienone is 1. The van der Waals surface area contributed by atoms with Gasteiger partial charge in [0.1, 0.15) is 0 Å². The third-order valence-electron chi connectivity index (χ3n) is 0.866. The van der Waals surface area contributed by atoms with Crippen molar-refractivity contribution < 1.29 is 0 Å². The van der Waals surface area contributed by atoms with Crippen LogP contribution in [-0.4, -0.2) is 4.99 Å². The SMILES string of the molecule is CCCC(N)=CC(N)=S. The Morgan fingerprint density at radius 3 is 2.44 bits per heavy atom. The average molecular weight is 144 g/mol. The molecule has 0 heterocycles. The molecule has 0 radical (unpaired) electrons. The van der Waals surface area contributed by atoms with Crippen molar-refractivity contribution in [2.24, 2.45) is 11.5 Å². The highest BCUT2D eigenvalue weighted by Gasteiger charge is 1.86. The second-order valence-electron chi connectivity index (χ2n) is 1.87. The maximum absolute atomic E-state index is 5.48. The van der Waals surface area contributed by atoms with Crippen LogP contribution in [0.1, 0.15) is 19.8 Å². The molecule has 0 aromatic heterocycles. The minimum Gasteiger partial charge on any atom is -0.402 e. The molecule has 4 N–H and O–H groups in total. The summed E-state index contributed by atoms with van der Waals surface area (Å²) in [5.74, 6) is 0. The predicted molar refractivity (Wildman–Crippen MR) is 44.0 cm³/mol. The lowest BCUT2D eigenvalue weighted by molar-refractivity contribution is 0.894. The fourth-order valence-corrected chi connectivity index (χ4v) is 0.695. The van der Waals surface area contributed by atoms with Crippen LogP contribution in [0.4, 0.5) is 0 Å². The number of thiocarbonyl (C=S) groups is 1. The van der Waals surface area contributed by atoms with Gasteiger partial charge in [0.25, 0.3) is 0 Å². The van der Waals surface area contributed by atoms with Crippen molar-refractivity contribution in [3.63, 3.8) is 0 Å². The topological polar surface area (TPSA) is 52.0 Å². The van der Waals surface area contributed by atoms with E-state index in [1.54, 1.807) is 6.08 Å². The van der Waals surface area contributed by atoms with E-state index in [1.165, 1.54) is 0 Å². The van der Waals surface area contributed by atoms with Crippen molar-refractivity contribution in [2.75, 3.05) is 0 Å². The van der Waals surface area contributed by atoms with Gasteiger partial charge in [0.05, 0.1) is 4.99 Å². The average Bonchev–Trinajstić information content (AvgIpc) is 1.63. The van der Waals surface area contributed by atoms with E-state index in [2.05, 4.69) is 19.1 Å². The standard InChI is InChI=1S/C6H12N2S/c1-2-3-5(7)4-6(8)9/h4H,2-3,7H2,1H3,(H2,8,9). The molecule has 0 aliphatic heterocycles. The first-order valence-corrected chi connectivity index (χ1v) is 3.33. The van der Waals surface area contributed by atoms with Crippen LogP contribution in [0.3, 0.4) is 0 Å². The summed E-state index contributed by atoms with van der Waals surface area (Å²) in [5, 5.41) is 0. The second-order valence-corrected chi connectivity index (χ2v) is 2.34. The number of rotatable bonds is 3. The maximum Gasteiger partial charge on any atom is 0.0979 e. The number of hydrogen-bond acceptors (Lipinski definition) is 2. The van der Waals surface area contributed by atoms with Crippen molar-refractivity contribution in [1.29, 1.82) is 0 Å². The summed E-state index contributed by atoms with van der Waals surface area (Å²) in [6, 6.07) is 0. The van der Waals surface area contributed by atoms with Gasteiger partial charge in [0.15, 0.2) is 0 Å². The lowest BCUT2D eigenvalue weighted by Gasteiger charge is -1.94. The van der Waals surface area contributed by atoms with Gasteiger partial charge in [-0.25, -0.2) is 0 Å². The first-order chi connectivity index (χ1) is 4.16. The van der Waals surface area contributed by atoms with Gasteiger partial charge in [-0.15, -0.1) is 0 Å². The minimum absolute atomic E-state index is 0.362. The summed E-state index contributed by atoms with van der Waals surface area (Å²) in [6.07, 6.45) is 3.53. The van der Waals surface area contributed by atoms with Crippen molar-refractivity contribution >= 4 is 17.2 Å². The van der Waals surface area contributed by atoms with E-state index in [-0.39, 0.29) is 0 Å². The van der Waals surface area contributed by atoms with Crippen molar-refractivity contribution in [3.8, 4) is 0 Å². The molecule has 52 valence electrons. The molecule has 9 heavy (non-hydrogen) atoms. The van der Waals surface area contributed by atoms with Crippen LogP contribution in [0.25, 0.3) is 0 Å². The number of hydrogen-bond donors (Lipinski definition) is 2. The summed E-state index contributed by atoms with van der Waals surface area (Å²) < 4.78 is 0. The lowest BCUT2D eigenvalue weighted by atomic mass is 10.2. The summed E-state index contributed by atoms with van der Waals surface area (Å²) in [6.45, 7) is 2.06. The second kappa shape index (κ2) is 4.32. The zero-order chi connectivity index (χ0) is 7.28. The van der Waals surface area contributed by atoms with Crippen molar-refractivity contribution in [3.05, 3.63) is 11.8 Å². The monoisotopic (exact) mass is 144 g/mol. The van der Waals surface area contributed by atoms with Gasteiger partial charge < -0.3 is 11.5 Å². The quantitative estimate of drug-likeness (QED) is 0.457. The van der Waals surface area contributed by atoms with Crippen LogP contribution >= 0.6 is 12.2 Å². The third-order valence-corrected chi connectivity index (χ3v) is 0.984. The predicted octanol–water partition coefficient (Wildman–Crippen LogP) is 0.915. The van der Waals surface area contributed by atoms with E-state index >= 15 is 0 Å². The fourth-order valence-electron chi connectivity index (χ4n) is 0.544. The zero-order valence-corrected chi connectivity index (χ0v) is 6.37. The van der Waals surface area contributed by atoms with Gasteiger partial charge in [0.2, 0.25) is 0 Å². The first-order valence-electron chi connectivity index (χ1n) is 2.92. The first kappa shape index (κ1) is 8.43. The Bertz CT molecular complexity index is 129. The van der Waals surface area contributed by atoms with Gasteiger partial charge in [-0.05, 0) is 12.5 Å². The van der Waals surface area contributed by atoms with E-state index in [0.717, 1.165) is 18.5 Å². The Balaban J connectivity index is 3.69. The molecule has 0 saturated carbocycles. The van der Waals surface area contributed by atoms with Crippen molar-refractivity contribution in [1.82, 2.24) is 0 Å². The molecule has 0 amide bonds. The summed E-state index contributed by atoms with van der Waals surface area (Å²) >= 11 is 4.61. The highest BCUT2D eigenvalue weighted by molar-refractivity contribution is 7.80. The Kier molecular flexibility index (Phi) is 4.05. The molecule has 0 unspecified atom stereocenters. The molecule has 0 rings (SSSR count). The van der Waals surface area contributed by atoms with E-state index < -0.39 is 0 Å². The van der Waals surface area contributed by atoms with Gasteiger partial charge in [-0.1, -0.05) is 25.6 Å². The Morgan fingerprint density at radius 2 is 2.11 bits per heavy atom. The third kappa shape index (κ3) is 5.30. The molecule has 0 fully saturated rings. The molecule has 3 heteroatoms. The molecule has 0 bridgehead atoms. The highest BCUT2D eigenvalue weighted by Crippen LogP contribution is 1.95. The molecule has 2 nitrogen and oxygen atoms in total. The normalized spacial score (nSPS) is 11.4. The minimum atomic E-state index is 0.362. The summed E-state index contributed by atoms with van der Waals surface area (Å²) in [7, 11) is 0. The molecule has 0 saturated heterocycles. The van der Waals surface area contributed by atoms with E-state index in [9.17, 15) is 0 Å². The zero-order valence-electron chi connectivity index (χ0n) is 5.55. The number of nitrogens with two attached hydrogens (primary N) is 2. The molecule has 0 aliphatic rings. The van der Waals surface area contributed by atoms with Gasteiger partial charge in [-0.2, -0.15) is 0 Å².